The monoisotopic (exact) mass is 424 g/mol. The second-order valence-electron chi connectivity index (χ2n) is 8.51. The Morgan fingerprint density at radius 3 is 2.13 bits per heavy atom. The van der Waals surface area contributed by atoms with Crippen molar-refractivity contribution in [2.24, 2.45) is 5.92 Å². The lowest BCUT2D eigenvalue weighted by atomic mass is 9.79. The predicted octanol–water partition coefficient (Wildman–Crippen LogP) is 7.96. The summed E-state index contributed by atoms with van der Waals surface area (Å²) < 4.78 is 34.0. The quantitative estimate of drug-likeness (QED) is 0.351. The Bertz CT molecular complexity index is 828. The largest absolute Gasteiger partial charge is 0.383 e. The van der Waals surface area contributed by atoms with E-state index in [9.17, 15) is 8.78 Å². The lowest BCUT2D eigenvalue weighted by Gasteiger charge is -2.27. The van der Waals surface area contributed by atoms with Gasteiger partial charge in [-0.15, -0.1) is 6.58 Å². The van der Waals surface area contributed by atoms with Crippen LogP contribution in [0, 0.1) is 5.92 Å². The van der Waals surface area contributed by atoms with E-state index in [4.69, 9.17) is 4.74 Å². The normalized spacial score (nSPS) is 19.6. The van der Waals surface area contributed by atoms with Gasteiger partial charge in [0, 0.05) is 0 Å². The summed E-state index contributed by atoms with van der Waals surface area (Å²) in [6, 6.07) is 14.9. The van der Waals surface area contributed by atoms with Crippen LogP contribution in [0.25, 0.3) is 0 Å². The van der Waals surface area contributed by atoms with Crippen LogP contribution in [0.3, 0.4) is 0 Å². The van der Waals surface area contributed by atoms with E-state index in [2.05, 4.69) is 24.8 Å². The Hall–Kier alpha value is -2.26. The molecule has 0 atom stereocenters. The molecule has 1 aliphatic rings. The third kappa shape index (κ3) is 6.87. The van der Waals surface area contributed by atoms with Gasteiger partial charge >= 0.3 is 6.11 Å². The molecule has 0 radical (unpaired) electrons. The number of alkyl halides is 2. The average Bonchev–Trinajstić information content (AvgIpc) is 2.80. The predicted molar refractivity (Wildman–Crippen MR) is 124 cm³/mol. The van der Waals surface area contributed by atoms with Gasteiger partial charge in [0.1, 0.15) is 0 Å². The van der Waals surface area contributed by atoms with E-state index in [1.54, 1.807) is 0 Å². The van der Waals surface area contributed by atoms with Gasteiger partial charge < -0.3 is 4.74 Å². The molecule has 0 aromatic heterocycles. The molecule has 2 aromatic carbocycles. The SMILES string of the molecule is C=CC1CCC(c2ccc(C(F)(F)OCCc3ccc(CC/C=C/C)cc3)cc2)CC1. The Labute approximate surface area is 185 Å². The number of allylic oxidation sites excluding steroid dienone is 3. The van der Waals surface area contributed by atoms with Crippen LogP contribution >= 0.6 is 0 Å². The molecule has 0 bridgehead atoms. The van der Waals surface area contributed by atoms with E-state index in [1.165, 1.54) is 17.7 Å². The molecule has 0 unspecified atom stereocenters. The maximum atomic E-state index is 14.5. The maximum Gasteiger partial charge on any atom is 0.383 e. The number of rotatable bonds is 10. The van der Waals surface area contributed by atoms with Crippen molar-refractivity contribution in [1.29, 1.82) is 0 Å². The second-order valence-corrected chi connectivity index (χ2v) is 8.51. The third-order valence-electron chi connectivity index (χ3n) is 6.36. The van der Waals surface area contributed by atoms with Crippen molar-refractivity contribution in [2.45, 2.75) is 63.9 Å². The lowest BCUT2D eigenvalue weighted by molar-refractivity contribution is -0.248. The van der Waals surface area contributed by atoms with Gasteiger partial charge in [-0.2, -0.15) is 8.78 Å². The first kappa shape index (κ1) is 23.4. The van der Waals surface area contributed by atoms with E-state index < -0.39 is 6.11 Å². The highest BCUT2D eigenvalue weighted by atomic mass is 19.3. The van der Waals surface area contributed by atoms with Gasteiger partial charge in [-0.05, 0) is 80.4 Å². The molecule has 31 heavy (non-hydrogen) atoms. The molecule has 0 N–H and O–H groups in total. The zero-order valence-corrected chi connectivity index (χ0v) is 18.5. The summed E-state index contributed by atoms with van der Waals surface area (Å²) in [4.78, 5) is 0. The molecule has 0 amide bonds. The molecular weight excluding hydrogens is 390 g/mol. The van der Waals surface area contributed by atoms with Crippen LogP contribution in [-0.4, -0.2) is 6.61 Å². The van der Waals surface area contributed by atoms with E-state index in [-0.39, 0.29) is 12.2 Å². The first-order valence-corrected chi connectivity index (χ1v) is 11.5. The van der Waals surface area contributed by atoms with E-state index in [0.717, 1.165) is 49.7 Å². The van der Waals surface area contributed by atoms with Crippen LogP contribution < -0.4 is 0 Å². The second kappa shape index (κ2) is 11.4. The standard InChI is InChI=1S/C28H34F2O/c1-3-5-6-7-23-8-10-24(11-9-23)20-21-31-28(29,30)27-18-16-26(17-19-27)25-14-12-22(4-2)13-15-25/h3-5,8-11,16-19,22,25H,2,6-7,12-15,20-21H2,1H3/b5-3+. The molecule has 3 rings (SSSR count). The van der Waals surface area contributed by atoms with Crippen molar-refractivity contribution in [1.82, 2.24) is 0 Å². The molecule has 0 saturated heterocycles. The zero-order valence-electron chi connectivity index (χ0n) is 18.5. The molecule has 1 saturated carbocycles. The van der Waals surface area contributed by atoms with Crippen molar-refractivity contribution < 1.29 is 13.5 Å². The summed E-state index contributed by atoms with van der Waals surface area (Å²) in [5.41, 5.74) is 3.34. The van der Waals surface area contributed by atoms with Gasteiger partial charge in [-0.25, -0.2) is 0 Å². The summed E-state index contributed by atoms with van der Waals surface area (Å²) in [5, 5.41) is 0. The van der Waals surface area contributed by atoms with Crippen molar-refractivity contribution in [3.63, 3.8) is 0 Å². The Balaban J connectivity index is 1.48. The number of hydrogen-bond donors (Lipinski definition) is 0. The van der Waals surface area contributed by atoms with Crippen molar-refractivity contribution in [3.05, 3.63) is 95.6 Å². The molecule has 0 heterocycles. The van der Waals surface area contributed by atoms with Crippen LogP contribution in [0.15, 0.2) is 73.3 Å². The van der Waals surface area contributed by atoms with Gasteiger partial charge in [0.05, 0.1) is 12.2 Å². The fraction of sp³-hybridized carbons (Fsp3) is 0.429. The first-order valence-electron chi connectivity index (χ1n) is 11.5. The van der Waals surface area contributed by atoms with Crippen LogP contribution in [0.1, 0.15) is 67.2 Å². The molecule has 1 fully saturated rings. The van der Waals surface area contributed by atoms with Crippen molar-refractivity contribution in [3.8, 4) is 0 Å². The van der Waals surface area contributed by atoms with E-state index in [0.29, 0.717) is 18.3 Å². The van der Waals surface area contributed by atoms with E-state index in [1.807, 2.05) is 43.3 Å². The van der Waals surface area contributed by atoms with Gasteiger partial charge in [-0.1, -0.05) is 66.8 Å². The summed E-state index contributed by atoms with van der Waals surface area (Å²) in [5.74, 6) is 1.06. The van der Waals surface area contributed by atoms with Crippen molar-refractivity contribution in [2.75, 3.05) is 6.61 Å². The fourth-order valence-corrected chi connectivity index (χ4v) is 4.31. The summed E-state index contributed by atoms with van der Waals surface area (Å²) in [6.07, 6.45) is 9.88. The minimum atomic E-state index is -3.27. The van der Waals surface area contributed by atoms with Gasteiger partial charge in [0.25, 0.3) is 0 Å². The molecule has 1 aliphatic carbocycles. The van der Waals surface area contributed by atoms with Gasteiger partial charge in [0.15, 0.2) is 0 Å². The van der Waals surface area contributed by atoms with E-state index >= 15 is 0 Å². The molecule has 0 spiro atoms. The number of benzene rings is 2. The summed E-state index contributed by atoms with van der Waals surface area (Å²) in [6.45, 7) is 5.88. The Morgan fingerprint density at radius 2 is 1.55 bits per heavy atom. The number of aryl methyl sites for hydroxylation is 1. The van der Waals surface area contributed by atoms with Crippen LogP contribution in [-0.2, 0) is 23.7 Å². The number of hydrogen-bond acceptors (Lipinski definition) is 1. The highest BCUT2D eigenvalue weighted by Crippen LogP contribution is 2.37. The molecule has 3 heteroatoms. The topological polar surface area (TPSA) is 9.23 Å². The van der Waals surface area contributed by atoms with Crippen molar-refractivity contribution >= 4 is 0 Å². The zero-order chi connectivity index (χ0) is 22.1. The molecular formula is C28H34F2O. The fourth-order valence-electron chi connectivity index (χ4n) is 4.31. The number of ether oxygens (including phenoxy) is 1. The highest BCUT2D eigenvalue weighted by Gasteiger charge is 2.33. The first-order chi connectivity index (χ1) is 15.0. The van der Waals surface area contributed by atoms with Gasteiger partial charge in [0.2, 0.25) is 0 Å². The smallest absolute Gasteiger partial charge is 0.316 e. The maximum absolute atomic E-state index is 14.5. The lowest BCUT2D eigenvalue weighted by Crippen LogP contribution is -2.20. The Morgan fingerprint density at radius 1 is 0.935 bits per heavy atom. The molecule has 2 aromatic rings. The highest BCUT2D eigenvalue weighted by molar-refractivity contribution is 5.28. The minimum Gasteiger partial charge on any atom is -0.316 e. The number of halogens is 2. The molecule has 0 aliphatic heterocycles. The molecule has 166 valence electrons. The molecule has 1 nitrogen and oxygen atoms in total. The van der Waals surface area contributed by atoms with Crippen LogP contribution in [0.4, 0.5) is 8.78 Å². The van der Waals surface area contributed by atoms with Crippen LogP contribution in [0.2, 0.25) is 0 Å². The average molecular weight is 425 g/mol. The van der Waals surface area contributed by atoms with Gasteiger partial charge in [-0.3, -0.25) is 0 Å². The summed E-state index contributed by atoms with van der Waals surface area (Å²) in [7, 11) is 0. The summed E-state index contributed by atoms with van der Waals surface area (Å²) >= 11 is 0. The van der Waals surface area contributed by atoms with Crippen LogP contribution in [0.5, 0.6) is 0 Å². The Kier molecular flexibility index (Phi) is 8.60. The third-order valence-corrected chi connectivity index (χ3v) is 6.36. The minimum absolute atomic E-state index is 0.0156.